The number of aryl methyl sites for hydroxylation is 2. The number of hydrogen-bond acceptors (Lipinski definition) is 4. The van der Waals surface area contributed by atoms with Crippen LogP contribution in [0.15, 0.2) is 0 Å². The Labute approximate surface area is 90.3 Å². The second-order valence-corrected chi connectivity index (χ2v) is 3.66. The van der Waals surface area contributed by atoms with Gasteiger partial charge in [-0.05, 0) is 14.0 Å². The van der Waals surface area contributed by atoms with Crippen LogP contribution in [0.1, 0.15) is 11.3 Å². The molecule has 0 aliphatic heterocycles. The molecule has 1 heterocycles. The van der Waals surface area contributed by atoms with Crippen molar-refractivity contribution < 1.29 is 9.84 Å². The third-order valence-corrected chi connectivity index (χ3v) is 2.39. The molecule has 1 aromatic rings. The molecule has 15 heavy (non-hydrogen) atoms. The molecule has 1 rings (SSSR count). The molecule has 5 nitrogen and oxygen atoms in total. The maximum absolute atomic E-state index is 8.82. The van der Waals surface area contributed by atoms with Crippen molar-refractivity contribution in [2.75, 3.05) is 27.3 Å². The third-order valence-electron chi connectivity index (χ3n) is 2.39. The summed E-state index contributed by atoms with van der Waals surface area (Å²) in [6, 6.07) is 0. The number of methoxy groups -OCH3 is 1. The fourth-order valence-electron chi connectivity index (χ4n) is 1.64. The molecule has 0 bridgehead atoms. The fraction of sp³-hybridized carbons (Fsp3) is 0.700. The van der Waals surface area contributed by atoms with Crippen molar-refractivity contribution in [1.29, 1.82) is 0 Å². The second-order valence-electron chi connectivity index (χ2n) is 3.66. The quantitative estimate of drug-likeness (QED) is 0.757. The Bertz CT molecular complexity index is 323. The number of aliphatic hydroxyl groups is 1. The van der Waals surface area contributed by atoms with Crippen LogP contribution in [0.3, 0.4) is 0 Å². The molecular formula is C10H19N3O2. The Balaban J connectivity index is 2.83. The summed E-state index contributed by atoms with van der Waals surface area (Å²) in [5.74, 6) is 0.789. The van der Waals surface area contributed by atoms with E-state index in [1.807, 2.05) is 25.9 Å². The van der Waals surface area contributed by atoms with Gasteiger partial charge in [-0.25, -0.2) is 4.68 Å². The first-order valence-corrected chi connectivity index (χ1v) is 4.96. The van der Waals surface area contributed by atoms with Crippen molar-refractivity contribution in [2.24, 2.45) is 7.05 Å². The highest BCUT2D eigenvalue weighted by molar-refractivity contribution is 5.30. The van der Waals surface area contributed by atoms with Crippen LogP contribution >= 0.6 is 0 Å². The van der Waals surface area contributed by atoms with Gasteiger partial charge in [-0.15, -0.1) is 0 Å². The first kappa shape index (κ1) is 12.0. The summed E-state index contributed by atoms with van der Waals surface area (Å²) in [7, 11) is 5.47. The SMILES string of the molecule is COc1c(CN(C)CCO)c(C)nn1C. The third kappa shape index (κ3) is 2.70. The molecular weight excluding hydrogens is 194 g/mol. The van der Waals surface area contributed by atoms with Crippen LogP contribution in [0, 0.1) is 6.92 Å². The lowest BCUT2D eigenvalue weighted by Crippen LogP contribution is -2.22. The summed E-state index contributed by atoms with van der Waals surface area (Å²) in [5.41, 5.74) is 2.05. The Hall–Kier alpha value is -1.07. The van der Waals surface area contributed by atoms with Gasteiger partial charge in [0.1, 0.15) is 0 Å². The van der Waals surface area contributed by atoms with E-state index < -0.39 is 0 Å². The molecule has 0 amide bonds. The van der Waals surface area contributed by atoms with E-state index >= 15 is 0 Å². The molecule has 1 aromatic heterocycles. The maximum Gasteiger partial charge on any atom is 0.216 e. The van der Waals surface area contributed by atoms with Crippen LogP contribution in [0.25, 0.3) is 0 Å². The molecule has 0 saturated heterocycles. The topological polar surface area (TPSA) is 50.5 Å². The van der Waals surface area contributed by atoms with Crippen molar-refractivity contribution >= 4 is 0 Å². The minimum absolute atomic E-state index is 0.165. The first-order chi connectivity index (χ1) is 7.10. The van der Waals surface area contributed by atoms with Gasteiger partial charge in [0.05, 0.1) is 25.0 Å². The summed E-state index contributed by atoms with van der Waals surface area (Å²) >= 11 is 0. The van der Waals surface area contributed by atoms with E-state index in [4.69, 9.17) is 9.84 Å². The number of ether oxygens (including phenoxy) is 1. The number of aliphatic hydroxyl groups excluding tert-OH is 1. The number of hydrogen-bond donors (Lipinski definition) is 1. The number of rotatable bonds is 5. The van der Waals surface area contributed by atoms with Crippen molar-refractivity contribution in [3.8, 4) is 5.88 Å². The van der Waals surface area contributed by atoms with Crippen molar-refractivity contribution in [2.45, 2.75) is 13.5 Å². The van der Waals surface area contributed by atoms with Gasteiger partial charge in [-0.2, -0.15) is 5.10 Å². The van der Waals surface area contributed by atoms with Crippen LogP contribution in [0.4, 0.5) is 0 Å². The Kier molecular flexibility index (Phi) is 4.11. The molecule has 0 aromatic carbocycles. The van der Waals surface area contributed by atoms with Gasteiger partial charge in [0, 0.05) is 20.1 Å². The van der Waals surface area contributed by atoms with Gasteiger partial charge in [0.2, 0.25) is 5.88 Å². The van der Waals surface area contributed by atoms with Crippen LogP contribution in [0.2, 0.25) is 0 Å². The van der Waals surface area contributed by atoms with Gasteiger partial charge >= 0.3 is 0 Å². The smallest absolute Gasteiger partial charge is 0.216 e. The summed E-state index contributed by atoms with van der Waals surface area (Å²) in [6.45, 7) is 3.52. The van der Waals surface area contributed by atoms with Crippen LogP contribution < -0.4 is 4.74 Å². The van der Waals surface area contributed by atoms with Crippen molar-refractivity contribution in [3.05, 3.63) is 11.3 Å². The summed E-state index contributed by atoms with van der Waals surface area (Å²) < 4.78 is 7.02. The highest BCUT2D eigenvalue weighted by Gasteiger charge is 2.14. The molecule has 0 atom stereocenters. The Morgan fingerprint density at radius 2 is 2.20 bits per heavy atom. The summed E-state index contributed by atoms with van der Waals surface area (Å²) in [5, 5.41) is 13.1. The molecule has 0 saturated carbocycles. The standard InChI is InChI=1S/C10H19N3O2/c1-8-9(7-12(2)5-6-14)10(15-4)13(3)11-8/h14H,5-7H2,1-4H3. The zero-order valence-corrected chi connectivity index (χ0v) is 9.82. The van der Waals surface area contributed by atoms with Gasteiger partial charge in [0.15, 0.2) is 0 Å². The van der Waals surface area contributed by atoms with Crippen LogP contribution in [0.5, 0.6) is 5.88 Å². The normalized spacial score (nSPS) is 11.1. The largest absolute Gasteiger partial charge is 0.481 e. The summed E-state index contributed by atoms with van der Waals surface area (Å²) in [4.78, 5) is 2.03. The van der Waals surface area contributed by atoms with Gasteiger partial charge in [-0.3, -0.25) is 4.90 Å². The van der Waals surface area contributed by atoms with E-state index in [9.17, 15) is 0 Å². The first-order valence-electron chi connectivity index (χ1n) is 4.96. The van der Waals surface area contributed by atoms with Crippen LogP contribution in [-0.2, 0) is 13.6 Å². The fourth-order valence-corrected chi connectivity index (χ4v) is 1.64. The molecule has 86 valence electrons. The van der Waals surface area contributed by atoms with E-state index in [1.54, 1.807) is 11.8 Å². The molecule has 0 spiro atoms. The number of nitrogens with zero attached hydrogens (tertiary/aromatic N) is 3. The maximum atomic E-state index is 8.82. The van der Waals surface area contributed by atoms with Crippen molar-refractivity contribution in [3.63, 3.8) is 0 Å². The molecule has 0 aliphatic rings. The van der Waals surface area contributed by atoms with Gasteiger partial charge < -0.3 is 9.84 Å². The monoisotopic (exact) mass is 213 g/mol. The molecule has 0 unspecified atom stereocenters. The predicted octanol–water partition coefficient (Wildman–Crippen LogP) is 0.161. The number of likely N-dealkylation sites (N-methyl/N-ethyl adjacent to an activating group) is 1. The average Bonchev–Trinajstić information content (AvgIpc) is 2.42. The lowest BCUT2D eigenvalue weighted by molar-refractivity contribution is 0.215. The Morgan fingerprint density at radius 3 is 2.73 bits per heavy atom. The van der Waals surface area contributed by atoms with E-state index in [0.717, 1.165) is 23.7 Å². The minimum Gasteiger partial charge on any atom is -0.481 e. The zero-order valence-electron chi connectivity index (χ0n) is 9.82. The zero-order chi connectivity index (χ0) is 11.4. The van der Waals surface area contributed by atoms with Crippen molar-refractivity contribution in [1.82, 2.24) is 14.7 Å². The highest BCUT2D eigenvalue weighted by atomic mass is 16.5. The van der Waals surface area contributed by atoms with E-state index in [0.29, 0.717) is 6.54 Å². The van der Waals surface area contributed by atoms with Crippen LogP contribution in [-0.4, -0.2) is 47.1 Å². The second kappa shape index (κ2) is 5.14. The van der Waals surface area contributed by atoms with E-state index in [2.05, 4.69) is 5.10 Å². The van der Waals surface area contributed by atoms with E-state index in [-0.39, 0.29) is 6.61 Å². The number of aromatic nitrogens is 2. The molecule has 0 fully saturated rings. The molecule has 0 aliphatic carbocycles. The average molecular weight is 213 g/mol. The van der Waals surface area contributed by atoms with E-state index in [1.165, 1.54) is 0 Å². The predicted molar refractivity (Wildman–Crippen MR) is 57.9 cm³/mol. The van der Waals surface area contributed by atoms with Gasteiger partial charge in [0.25, 0.3) is 0 Å². The minimum atomic E-state index is 0.165. The highest BCUT2D eigenvalue weighted by Crippen LogP contribution is 2.21. The molecule has 5 heteroatoms. The van der Waals surface area contributed by atoms with Gasteiger partial charge in [-0.1, -0.05) is 0 Å². The summed E-state index contributed by atoms with van der Waals surface area (Å²) in [6.07, 6.45) is 0. The molecule has 0 radical (unpaired) electrons. The lowest BCUT2D eigenvalue weighted by Gasteiger charge is -2.15. The molecule has 1 N–H and O–H groups in total. The Morgan fingerprint density at radius 1 is 1.53 bits per heavy atom. The lowest BCUT2D eigenvalue weighted by atomic mass is 10.2.